The van der Waals surface area contributed by atoms with Gasteiger partial charge in [0.15, 0.2) is 11.5 Å². The van der Waals surface area contributed by atoms with Crippen molar-refractivity contribution in [3.8, 4) is 11.5 Å². The van der Waals surface area contributed by atoms with Crippen LogP contribution < -0.4 is 9.47 Å². The Morgan fingerprint density at radius 3 is 2.45 bits per heavy atom. The smallest absolute Gasteiger partial charge is 0.415 e. The molecule has 0 aliphatic carbocycles. The van der Waals surface area contributed by atoms with Gasteiger partial charge >= 0.3 is 6.09 Å². The van der Waals surface area contributed by atoms with E-state index >= 15 is 0 Å². The highest BCUT2D eigenvalue weighted by Gasteiger charge is 2.17. The van der Waals surface area contributed by atoms with Crippen LogP contribution in [0.3, 0.4) is 0 Å². The van der Waals surface area contributed by atoms with Crippen LogP contribution in [0, 0.1) is 0 Å². The molecule has 1 aliphatic heterocycles. The first-order valence-corrected chi connectivity index (χ1v) is 7.57. The largest absolute Gasteiger partial charge is 0.493 e. The average molecular weight is 307 g/mol. The van der Waals surface area contributed by atoms with Crippen LogP contribution in [0.2, 0.25) is 0 Å². The van der Waals surface area contributed by atoms with E-state index < -0.39 is 0 Å². The van der Waals surface area contributed by atoms with Crippen LogP contribution in [0.5, 0.6) is 11.5 Å². The molecular weight excluding hydrogens is 282 g/mol. The molecule has 6 nitrogen and oxygen atoms in total. The number of carbonyl (C=O) groups excluding carboxylic acids is 1. The van der Waals surface area contributed by atoms with Crippen molar-refractivity contribution in [1.82, 2.24) is 14.7 Å². The summed E-state index contributed by atoms with van der Waals surface area (Å²) in [4.78, 5) is 18.4. The molecule has 1 saturated heterocycles. The first-order chi connectivity index (χ1) is 10.6. The van der Waals surface area contributed by atoms with E-state index in [0.717, 1.165) is 32.7 Å². The van der Waals surface area contributed by atoms with Gasteiger partial charge in [-0.3, -0.25) is 4.90 Å². The van der Waals surface area contributed by atoms with E-state index in [1.54, 1.807) is 31.2 Å². The summed E-state index contributed by atoms with van der Waals surface area (Å²) < 4.78 is 10.6. The maximum Gasteiger partial charge on any atom is 0.415 e. The second-order valence-corrected chi connectivity index (χ2v) is 5.59. The number of piperazine rings is 1. The summed E-state index contributed by atoms with van der Waals surface area (Å²) in [6.45, 7) is 5.77. The second-order valence-electron chi connectivity index (χ2n) is 5.59. The lowest BCUT2D eigenvalue weighted by atomic mass is 10.3. The Hall–Kier alpha value is -1.79. The Kier molecular flexibility index (Phi) is 6.03. The Balaban J connectivity index is 1.79. The minimum atomic E-state index is -0.362. The number of hydrogen-bond donors (Lipinski definition) is 0. The van der Waals surface area contributed by atoms with Crippen LogP contribution in [0.25, 0.3) is 0 Å². The van der Waals surface area contributed by atoms with Crippen LogP contribution in [0.1, 0.15) is 0 Å². The van der Waals surface area contributed by atoms with E-state index in [0.29, 0.717) is 18.0 Å². The number of methoxy groups -OCH3 is 1. The number of para-hydroxylation sites is 2. The molecule has 0 bridgehead atoms. The van der Waals surface area contributed by atoms with Crippen molar-refractivity contribution in [3.63, 3.8) is 0 Å². The topological polar surface area (TPSA) is 45.3 Å². The van der Waals surface area contributed by atoms with Crippen molar-refractivity contribution in [1.29, 1.82) is 0 Å². The summed E-state index contributed by atoms with van der Waals surface area (Å²) in [5, 5.41) is 0. The highest BCUT2D eigenvalue weighted by molar-refractivity contribution is 5.71. The van der Waals surface area contributed by atoms with Crippen LogP contribution in [-0.4, -0.2) is 81.3 Å². The van der Waals surface area contributed by atoms with Crippen LogP contribution in [0.4, 0.5) is 4.79 Å². The van der Waals surface area contributed by atoms with E-state index in [4.69, 9.17) is 9.47 Å². The first kappa shape index (κ1) is 16.6. The van der Waals surface area contributed by atoms with Crippen molar-refractivity contribution in [2.75, 3.05) is 60.5 Å². The Bertz CT molecular complexity index is 487. The quantitative estimate of drug-likeness (QED) is 0.822. The monoisotopic (exact) mass is 307 g/mol. The summed E-state index contributed by atoms with van der Waals surface area (Å²) in [7, 11) is 5.45. The zero-order valence-electron chi connectivity index (χ0n) is 13.6. The zero-order valence-corrected chi connectivity index (χ0v) is 13.6. The maximum atomic E-state index is 12.1. The number of ether oxygens (including phenoxy) is 2. The number of likely N-dealkylation sites (N-methyl/N-ethyl adjacent to an activating group) is 2. The molecule has 6 heteroatoms. The predicted molar refractivity (Wildman–Crippen MR) is 85.6 cm³/mol. The molecule has 1 amide bonds. The lowest BCUT2D eigenvalue weighted by Gasteiger charge is -2.33. The molecule has 0 unspecified atom stereocenters. The third-order valence-corrected chi connectivity index (χ3v) is 3.93. The highest BCUT2D eigenvalue weighted by Crippen LogP contribution is 2.26. The summed E-state index contributed by atoms with van der Waals surface area (Å²) in [6, 6.07) is 7.15. The van der Waals surface area contributed by atoms with Gasteiger partial charge in [0.05, 0.1) is 7.11 Å². The van der Waals surface area contributed by atoms with Gasteiger partial charge in [-0.1, -0.05) is 12.1 Å². The Morgan fingerprint density at radius 2 is 1.82 bits per heavy atom. The number of nitrogens with zero attached hydrogens (tertiary/aromatic N) is 3. The SMILES string of the molecule is COc1ccccc1OC(=O)N(C)CCN1CCN(C)CC1. The summed E-state index contributed by atoms with van der Waals surface area (Å²) in [5.74, 6) is 1.00. The lowest BCUT2D eigenvalue weighted by molar-refractivity contribution is 0.129. The van der Waals surface area contributed by atoms with E-state index in [1.165, 1.54) is 0 Å². The molecule has 0 atom stereocenters. The summed E-state index contributed by atoms with van der Waals surface area (Å²) >= 11 is 0. The third-order valence-electron chi connectivity index (χ3n) is 3.93. The fourth-order valence-electron chi connectivity index (χ4n) is 2.33. The number of hydrogen-bond acceptors (Lipinski definition) is 5. The minimum Gasteiger partial charge on any atom is -0.493 e. The van der Waals surface area contributed by atoms with Crippen LogP contribution in [-0.2, 0) is 0 Å². The average Bonchev–Trinajstić information content (AvgIpc) is 2.54. The molecule has 0 aromatic heterocycles. The first-order valence-electron chi connectivity index (χ1n) is 7.57. The minimum absolute atomic E-state index is 0.362. The van der Waals surface area contributed by atoms with Crippen molar-refractivity contribution in [3.05, 3.63) is 24.3 Å². The normalized spacial score (nSPS) is 16.3. The third kappa shape index (κ3) is 4.61. The van der Waals surface area contributed by atoms with E-state index in [1.807, 2.05) is 12.1 Å². The molecule has 0 spiro atoms. The molecule has 0 N–H and O–H groups in total. The van der Waals surface area contributed by atoms with Crippen molar-refractivity contribution >= 4 is 6.09 Å². The molecule has 1 aliphatic rings. The predicted octanol–water partition coefficient (Wildman–Crippen LogP) is 1.37. The van der Waals surface area contributed by atoms with Gasteiger partial charge in [-0.05, 0) is 19.2 Å². The fraction of sp³-hybridized carbons (Fsp3) is 0.562. The van der Waals surface area contributed by atoms with Gasteiger partial charge in [-0.25, -0.2) is 4.79 Å². The van der Waals surface area contributed by atoms with Crippen molar-refractivity contribution in [2.24, 2.45) is 0 Å². The molecule has 22 heavy (non-hydrogen) atoms. The van der Waals surface area contributed by atoms with E-state index in [9.17, 15) is 4.79 Å². The number of benzene rings is 1. The molecule has 0 saturated carbocycles. The molecule has 0 radical (unpaired) electrons. The van der Waals surface area contributed by atoms with Gasteiger partial charge in [0.2, 0.25) is 0 Å². The Morgan fingerprint density at radius 1 is 1.18 bits per heavy atom. The van der Waals surface area contributed by atoms with Gasteiger partial charge in [0, 0.05) is 46.3 Å². The van der Waals surface area contributed by atoms with Gasteiger partial charge in [0.25, 0.3) is 0 Å². The van der Waals surface area contributed by atoms with Crippen LogP contribution in [0.15, 0.2) is 24.3 Å². The number of carbonyl (C=O) groups is 1. The van der Waals surface area contributed by atoms with Gasteiger partial charge in [-0.2, -0.15) is 0 Å². The molecule has 1 fully saturated rings. The fourth-order valence-corrected chi connectivity index (χ4v) is 2.33. The van der Waals surface area contributed by atoms with Gasteiger partial charge in [0.1, 0.15) is 0 Å². The van der Waals surface area contributed by atoms with E-state index in [2.05, 4.69) is 16.8 Å². The zero-order chi connectivity index (χ0) is 15.9. The molecular formula is C16H25N3O3. The number of amides is 1. The van der Waals surface area contributed by atoms with Crippen molar-refractivity contribution < 1.29 is 14.3 Å². The number of rotatable bonds is 5. The Labute approximate surface area is 132 Å². The van der Waals surface area contributed by atoms with Crippen molar-refractivity contribution in [2.45, 2.75) is 0 Å². The van der Waals surface area contributed by atoms with Gasteiger partial charge < -0.3 is 19.3 Å². The highest BCUT2D eigenvalue weighted by atomic mass is 16.6. The van der Waals surface area contributed by atoms with Gasteiger partial charge in [-0.15, -0.1) is 0 Å². The molecule has 1 aromatic carbocycles. The standard InChI is InChI=1S/C16H25N3O3/c1-17-8-11-19(12-9-17)13-10-18(2)16(20)22-15-7-5-4-6-14(15)21-3/h4-7H,8-13H2,1-3H3. The molecule has 1 aromatic rings. The molecule has 1 heterocycles. The summed E-state index contributed by atoms with van der Waals surface area (Å²) in [5.41, 5.74) is 0. The summed E-state index contributed by atoms with van der Waals surface area (Å²) in [6.07, 6.45) is -0.362. The second kappa shape index (κ2) is 8.00. The maximum absolute atomic E-state index is 12.1. The van der Waals surface area contributed by atoms with Crippen LogP contribution >= 0.6 is 0 Å². The van der Waals surface area contributed by atoms with E-state index in [-0.39, 0.29) is 6.09 Å². The lowest BCUT2D eigenvalue weighted by Crippen LogP contribution is -2.47. The molecule has 2 rings (SSSR count). The molecule has 122 valence electrons.